The number of rotatable bonds is 10. The molecular formula is C21H27FN3O9P. The van der Waals surface area contributed by atoms with Crippen LogP contribution in [0.15, 0.2) is 52.2 Å². The number of aliphatic hydroxyl groups excluding tert-OH is 1. The molecule has 0 aliphatic carbocycles. The quantitative estimate of drug-likeness (QED) is 0.311. The van der Waals surface area contributed by atoms with Crippen molar-refractivity contribution in [2.45, 2.75) is 57.5 Å². The van der Waals surface area contributed by atoms with E-state index in [9.17, 15) is 28.4 Å². The van der Waals surface area contributed by atoms with E-state index in [4.69, 9.17) is 18.5 Å². The van der Waals surface area contributed by atoms with Crippen molar-refractivity contribution in [2.24, 2.45) is 0 Å². The molecule has 3 N–H and O–H groups in total. The lowest BCUT2D eigenvalue weighted by atomic mass is 10.1. The maximum atomic E-state index is 14.7. The molecule has 192 valence electrons. The molecule has 0 saturated carbocycles. The van der Waals surface area contributed by atoms with Gasteiger partial charge in [0.05, 0.1) is 12.7 Å². The summed E-state index contributed by atoms with van der Waals surface area (Å²) in [5.74, 6) is -0.555. The molecule has 35 heavy (non-hydrogen) atoms. The minimum absolute atomic E-state index is 0.154. The summed E-state index contributed by atoms with van der Waals surface area (Å²) in [6, 6.07) is 7.86. The topological polar surface area (TPSA) is 158 Å². The van der Waals surface area contributed by atoms with Crippen molar-refractivity contribution >= 4 is 13.7 Å². The van der Waals surface area contributed by atoms with Gasteiger partial charge in [0.15, 0.2) is 12.4 Å². The van der Waals surface area contributed by atoms with Gasteiger partial charge in [-0.05, 0) is 32.9 Å². The van der Waals surface area contributed by atoms with Gasteiger partial charge in [0.25, 0.3) is 5.56 Å². The fourth-order valence-electron chi connectivity index (χ4n) is 3.20. The number of alkyl halides is 1. The maximum Gasteiger partial charge on any atom is 0.459 e. The van der Waals surface area contributed by atoms with E-state index >= 15 is 0 Å². The van der Waals surface area contributed by atoms with Gasteiger partial charge in [-0.3, -0.25) is 23.7 Å². The number of hydrogen-bond acceptors (Lipinski definition) is 9. The van der Waals surface area contributed by atoms with E-state index in [1.165, 1.54) is 19.1 Å². The molecule has 3 rings (SSSR count). The second-order valence-corrected chi connectivity index (χ2v) is 9.75. The van der Waals surface area contributed by atoms with Crippen molar-refractivity contribution in [3.63, 3.8) is 0 Å². The summed E-state index contributed by atoms with van der Waals surface area (Å²) in [6.07, 6.45) is -6.13. The molecule has 0 unspecified atom stereocenters. The number of aliphatic hydroxyl groups is 1. The van der Waals surface area contributed by atoms with Gasteiger partial charge in [-0.2, -0.15) is 5.09 Å². The van der Waals surface area contributed by atoms with E-state index in [0.717, 1.165) is 16.8 Å². The summed E-state index contributed by atoms with van der Waals surface area (Å²) in [5, 5.41) is 12.8. The Bertz CT molecular complexity index is 1170. The zero-order valence-corrected chi connectivity index (χ0v) is 20.1. The Morgan fingerprint density at radius 1 is 1.26 bits per heavy atom. The fourth-order valence-corrected chi connectivity index (χ4v) is 4.70. The van der Waals surface area contributed by atoms with Crippen LogP contribution in [0.25, 0.3) is 0 Å². The average Bonchev–Trinajstić information content (AvgIpc) is 3.06. The summed E-state index contributed by atoms with van der Waals surface area (Å²) in [7, 11) is -4.28. The van der Waals surface area contributed by atoms with Crippen molar-refractivity contribution in [3.8, 4) is 5.75 Å². The first kappa shape index (κ1) is 26.8. The number of carbonyl (C=O) groups is 1. The van der Waals surface area contributed by atoms with Gasteiger partial charge in [-0.1, -0.05) is 18.2 Å². The molecule has 1 aromatic carbocycles. The third-order valence-electron chi connectivity index (χ3n) is 4.85. The minimum Gasteiger partial charge on any atom is -0.462 e. The number of carbonyl (C=O) groups excluding carboxylic acids is 1. The third-order valence-corrected chi connectivity index (χ3v) is 6.50. The molecule has 14 heteroatoms. The number of aromatic nitrogens is 2. The second-order valence-electron chi connectivity index (χ2n) is 8.05. The lowest BCUT2D eigenvalue weighted by molar-refractivity contribution is -0.149. The maximum absolute atomic E-state index is 14.7. The normalized spacial score (nSPS) is 24.6. The first-order valence-corrected chi connectivity index (χ1v) is 12.3. The fraction of sp³-hybridized carbons (Fsp3) is 0.476. The summed E-state index contributed by atoms with van der Waals surface area (Å²) >= 11 is 0. The molecule has 0 amide bonds. The van der Waals surface area contributed by atoms with Gasteiger partial charge in [0, 0.05) is 12.3 Å². The average molecular weight is 515 g/mol. The zero-order valence-electron chi connectivity index (χ0n) is 19.2. The van der Waals surface area contributed by atoms with Crippen LogP contribution in [-0.4, -0.2) is 57.8 Å². The Balaban J connectivity index is 1.75. The molecule has 1 aromatic heterocycles. The molecular weight excluding hydrogens is 488 g/mol. The van der Waals surface area contributed by atoms with Crippen LogP contribution in [0.2, 0.25) is 0 Å². The lowest BCUT2D eigenvalue weighted by Crippen LogP contribution is -2.37. The van der Waals surface area contributed by atoms with E-state index in [1.54, 1.807) is 32.0 Å². The number of hydrogen-bond donors (Lipinski definition) is 3. The Hall–Kier alpha value is -2.83. The van der Waals surface area contributed by atoms with Gasteiger partial charge in [-0.15, -0.1) is 0 Å². The van der Waals surface area contributed by atoms with E-state index < -0.39 is 68.3 Å². The SMILES string of the molecule is CC(C)OC(=O)[C@H](C)N[P@](=O)(OC[C@H]1O[C@@H](n2ccc(=O)[nH]c2=O)[C@@H](F)[C@@H]1O)Oc1ccccc1. The molecule has 1 aliphatic heterocycles. The summed E-state index contributed by atoms with van der Waals surface area (Å²) < 4.78 is 50.4. The lowest BCUT2D eigenvalue weighted by Gasteiger charge is -2.25. The van der Waals surface area contributed by atoms with Crippen LogP contribution in [0, 0.1) is 0 Å². The van der Waals surface area contributed by atoms with Gasteiger partial charge in [0.2, 0.25) is 0 Å². The van der Waals surface area contributed by atoms with E-state index in [1.807, 2.05) is 4.98 Å². The van der Waals surface area contributed by atoms with Crippen molar-refractivity contribution in [1.29, 1.82) is 0 Å². The minimum atomic E-state index is -4.28. The highest BCUT2D eigenvalue weighted by molar-refractivity contribution is 7.52. The number of nitrogens with one attached hydrogen (secondary N) is 2. The van der Waals surface area contributed by atoms with Crippen molar-refractivity contribution in [1.82, 2.24) is 14.6 Å². The van der Waals surface area contributed by atoms with Gasteiger partial charge < -0.3 is 19.1 Å². The van der Waals surface area contributed by atoms with E-state index in [2.05, 4.69) is 5.09 Å². The van der Waals surface area contributed by atoms with Crippen LogP contribution in [0.5, 0.6) is 5.75 Å². The zero-order chi connectivity index (χ0) is 25.8. The molecule has 2 aromatic rings. The molecule has 12 nitrogen and oxygen atoms in total. The molecule has 6 atom stereocenters. The molecule has 1 saturated heterocycles. The van der Waals surface area contributed by atoms with Crippen molar-refractivity contribution < 1.29 is 37.4 Å². The molecule has 2 heterocycles. The van der Waals surface area contributed by atoms with Gasteiger partial charge in [-0.25, -0.2) is 13.8 Å². The smallest absolute Gasteiger partial charge is 0.459 e. The number of halogens is 1. The number of ether oxygens (including phenoxy) is 2. The molecule has 0 radical (unpaired) electrons. The molecule has 0 bridgehead atoms. The van der Waals surface area contributed by atoms with Gasteiger partial charge >= 0.3 is 19.4 Å². The first-order chi connectivity index (χ1) is 16.5. The highest BCUT2D eigenvalue weighted by atomic mass is 31.2. The number of esters is 1. The number of para-hydroxylation sites is 1. The Labute approximate surface area is 199 Å². The largest absolute Gasteiger partial charge is 0.462 e. The van der Waals surface area contributed by atoms with Crippen LogP contribution in [-0.2, 0) is 23.4 Å². The summed E-state index contributed by atoms with van der Waals surface area (Å²) in [4.78, 5) is 37.4. The Kier molecular flexibility index (Phi) is 8.62. The summed E-state index contributed by atoms with van der Waals surface area (Å²) in [6.45, 7) is 4.07. The Morgan fingerprint density at radius 2 is 1.94 bits per heavy atom. The Morgan fingerprint density at radius 3 is 2.57 bits per heavy atom. The van der Waals surface area contributed by atoms with Crippen LogP contribution in [0.1, 0.15) is 27.0 Å². The van der Waals surface area contributed by atoms with Gasteiger partial charge in [0.1, 0.15) is 24.0 Å². The monoisotopic (exact) mass is 515 g/mol. The second kappa shape index (κ2) is 11.3. The predicted octanol–water partition coefficient (Wildman–Crippen LogP) is 1.27. The molecule has 0 spiro atoms. The number of H-pyrrole nitrogens is 1. The molecule has 1 aliphatic rings. The van der Waals surface area contributed by atoms with Crippen LogP contribution < -0.4 is 20.9 Å². The first-order valence-electron chi connectivity index (χ1n) is 10.8. The number of nitrogens with zero attached hydrogens (tertiary/aromatic N) is 1. The van der Waals surface area contributed by atoms with Crippen molar-refractivity contribution in [2.75, 3.05) is 6.61 Å². The van der Waals surface area contributed by atoms with E-state index in [-0.39, 0.29) is 5.75 Å². The van der Waals surface area contributed by atoms with Crippen molar-refractivity contribution in [3.05, 3.63) is 63.4 Å². The standard InChI is InChI=1S/C21H27FN3O9P/c1-12(2)32-20(28)13(3)24-35(30,34-14-7-5-4-6-8-14)31-11-15-18(27)17(22)19(33-15)25-10-9-16(26)23-21(25)29/h4-10,12-13,15,17-19,27H,11H2,1-3H3,(H,24,30)(H,23,26,29)/t13-,15+,17-,18+,19+,35-/m0/s1. The highest BCUT2D eigenvalue weighted by Gasteiger charge is 2.47. The van der Waals surface area contributed by atoms with Crippen LogP contribution in [0.3, 0.4) is 0 Å². The highest BCUT2D eigenvalue weighted by Crippen LogP contribution is 2.46. The number of benzene rings is 1. The third kappa shape index (κ3) is 6.86. The predicted molar refractivity (Wildman–Crippen MR) is 121 cm³/mol. The summed E-state index contributed by atoms with van der Waals surface area (Å²) in [5.41, 5.74) is -1.62. The number of aromatic amines is 1. The van der Waals surface area contributed by atoms with Crippen LogP contribution >= 0.6 is 7.75 Å². The molecule has 1 fully saturated rings. The van der Waals surface area contributed by atoms with E-state index in [0.29, 0.717) is 0 Å². The van der Waals surface area contributed by atoms with Crippen LogP contribution in [0.4, 0.5) is 4.39 Å².